The van der Waals surface area contributed by atoms with E-state index < -0.39 is 8.07 Å². The van der Waals surface area contributed by atoms with Crippen LogP contribution in [0.25, 0.3) is 33.5 Å². The Bertz CT molecular complexity index is 1410. The van der Waals surface area contributed by atoms with Gasteiger partial charge in [0.05, 0.1) is 30.6 Å². The zero-order valence-electron chi connectivity index (χ0n) is 21.9. The molecule has 3 aromatic heterocycles. The summed E-state index contributed by atoms with van der Waals surface area (Å²) in [5.74, 6) is -0.653. The number of fused-ring (bicyclic) bond motifs is 2. The lowest BCUT2D eigenvalue weighted by atomic mass is 10.1. The van der Waals surface area contributed by atoms with Crippen molar-refractivity contribution in [2.75, 3.05) is 19.9 Å². The molecule has 1 aromatic carbocycles. The Hall–Kier alpha value is -3.19. The molecule has 0 aliphatic rings. The number of hydrogen-bond acceptors (Lipinski definition) is 7. The first-order valence-electron chi connectivity index (χ1n) is 12.2. The number of carbonyl (C=O) groups excluding carboxylic acids is 1. The summed E-state index contributed by atoms with van der Waals surface area (Å²) in [7, 11) is 0.505. The van der Waals surface area contributed by atoms with Crippen molar-refractivity contribution in [3.8, 4) is 11.4 Å². The highest BCUT2D eigenvalue weighted by Gasteiger charge is 2.22. The molecule has 1 amide bonds. The molecular weight excluding hydrogens is 493 g/mol. The maximum atomic E-state index is 13.8. The third-order valence-corrected chi connectivity index (χ3v) is 7.66. The molecule has 0 saturated heterocycles. The van der Waals surface area contributed by atoms with Crippen molar-refractivity contribution >= 4 is 36.0 Å². The lowest BCUT2D eigenvalue weighted by Gasteiger charge is -2.15. The minimum atomic E-state index is -1.24. The summed E-state index contributed by atoms with van der Waals surface area (Å²) in [5, 5.41) is 8.21. The molecule has 4 aromatic rings. The van der Waals surface area contributed by atoms with Crippen LogP contribution in [0.3, 0.4) is 0 Å². The van der Waals surface area contributed by atoms with Gasteiger partial charge in [0.25, 0.3) is 5.91 Å². The Morgan fingerprint density at radius 1 is 1.27 bits per heavy atom. The third kappa shape index (κ3) is 6.21. The van der Waals surface area contributed by atoms with E-state index in [1.807, 2.05) is 6.92 Å². The monoisotopic (exact) mass is 527 g/mol. The van der Waals surface area contributed by atoms with E-state index in [2.05, 4.69) is 35.0 Å². The average Bonchev–Trinajstić information content (AvgIpc) is 3.37. The topological polar surface area (TPSA) is 122 Å². The summed E-state index contributed by atoms with van der Waals surface area (Å²) in [4.78, 5) is 22.7. The van der Waals surface area contributed by atoms with Gasteiger partial charge in [-0.05, 0) is 31.2 Å². The van der Waals surface area contributed by atoms with Gasteiger partial charge in [0.1, 0.15) is 29.5 Å². The van der Waals surface area contributed by atoms with Crippen LogP contribution in [0.1, 0.15) is 17.3 Å². The number of aromatic nitrogens is 5. The number of benzene rings is 1. The van der Waals surface area contributed by atoms with Crippen LogP contribution in [0.5, 0.6) is 0 Å². The van der Waals surface area contributed by atoms with Crippen LogP contribution >= 0.6 is 0 Å². The average molecular weight is 528 g/mol. The van der Waals surface area contributed by atoms with Crippen molar-refractivity contribution in [1.82, 2.24) is 29.6 Å². The van der Waals surface area contributed by atoms with Gasteiger partial charge in [0.2, 0.25) is 0 Å². The highest BCUT2D eigenvalue weighted by Crippen LogP contribution is 2.29. The number of nitrogens with zero attached hydrogens (tertiary/aromatic N) is 5. The molecule has 0 aliphatic heterocycles. The molecule has 3 N–H and O–H groups in total. The number of halogens is 1. The fourth-order valence-electron chi connectivity index (χ4n) is 3.98. The van der Waals surface area contributed by atoms with Gasteiger partial charge in [-0.25, -0.2) is 14.4 Å². The van der Waals surface area contributed by atoms with Crippen molar-refractivity contribution in [2.24, 2.45) is 12.8 Å². The van der Waals surface area contributed by atoms with Gasteiger partial charge in [-0.15, -0.1) is 0 Å². The van der Waals surface area contributed by atoms with Crippen LogP contribution < -0.4 is 11.1 Å². The molecule has 0 unspecified atom stereocenters. The standard InChI is InChI=1S/C25H34FN7O3Si/c1-16(13-36-14-27)29-25(34)19-12-33(15-35-8-9-37(3,4)5)24-23(19)30-20(11-28-24)22-18-7-6-17(26)10-21(18)32(2)31-22/h6-7,10-12,16H,8-9,13-15,27H2,1-5H3,(H,29,34)/t16-/m0/s1. The zero-order chi connectivity index (χ0) is 26.7. The number of aryl methyl sites for hydroxylation is 1. The van der Waals surface area contributed by atoms with Gasteiger partial charge in [-0.3, -0.25) is 9.48 Å². The minimum absolute atomic E-state index is 0.0745. The second kappa shape index (κ2) is 11.0. The van der Waals surface area contributed by atoms with Gasteiger partial charge >= 0.3 is 0 Å². The minimum Gasteiger partial charge on any atom is -0.364 e. The van der Waals surface area contributed by atoms with E-state index in [9.17, 15) is 9.18 Å². The van der Waals surface area contributed by atoms with E-state index >= 15 is 0 Å². The third-order valence-electron chi connectivity index (χ3n) is 5.96. The van der Waals surface area contributed by atoms with Crippen LogP contribution in [0.2, 0.25) is 25.7 Å². The number of carbonyl (C=O) groups is 1. The van der Waals surface area contributed by atoms with E-state index in [0.29, 0.717) is 40.2 Å². The molecule has 3 heterocycles. The second-order valence-corrected chi connectivity index (χ2v) is 16.0. The Labute approximate surface area is 216 Å². The fourth-order valence-corrected chi connectivity index (χ4v) is 4.74. The van der Waals surface area contributed by atoms with Gasteiger partial charge in [0.15, 0.2) is 5.65 Å². The lowest BCUT2D eigenvalue weighted by molar-refractivity contribution is 0.0855. The first-order chi connectivity index (χ1) is 17.6. The summed E-state index contributed by atoms with van der Waals surface area (Å²) in [6, 6.07) is 5.26. The van der Waals surface area contributed by atoms with Crippen molar-refractivity contribution in [2.45, 2.75) is 45.4 Å². The number of rotatable bonds is 11. The first-order valence-corrected chi connectivity index (χ1v) is 15.9. The predicted molar refractivity (Wildman–Crippen MR) is 143 cm³/mol. The molecule has 1 atom stereocenters. The number of amides is 1. The van der Waals surface area contributed by atoms with E-state index in [-0.39, 0.29) is 37.8 Å². The summed E-state index contributed by atoms with van der Waals surface area (Å²) < 4.78 is 28.4. The fraction of sp³-hybridized carbons (Fsp3) is 0.440. The maximum absolute atomic E-state index is 13.8. The Kier molecular flexibility index (Phi) is 8.02. The van der Waals surface area contributed by atoms with Crippen molar-refractivity contribution < 1.29 is 18.7 Å². The second-order valence-electron chi connectivity index (χ2n) is 10.3. The SMILES string of the molecule is C[C@@H](COCN)NC(=O)c1cn(COCC[Si](C)(C)C)c2ncc(-c3nn(C)c4cc(F)ccc34)nc12. The molecule has 0 saturated carbocycles. The largest absolute Gasteiger partial charge is 0.364 e. The molecule has 0 fully saturated rings. The van der Waals surface area contributed by atoms with E-state index in [1.165, 1.54) is 12.1 Å². The molecule has 198 valence electrons. The highest BCUT2D eigenvalue weighted by atomic mass is 28.3. The Balaban J connectivity index is 1.71. The molecule has 4 rings (SSSR count). The van der Waals surface area contributed by atoms with E-state index in [4.69, 9.17) is 20.2 Å². The van der Waals surface area contributed by atoms with Crippen LogP contribution in [-0.2, 0) is 23.3 Å². The van der Waals surface area contributed by atoms with Crippen LogP contribution in [-0.4, -0.2) is 64.3 Å². The predicted octanol–water partition coefficient (Wildman–Crippen LogP) is 3.49. The summed E-state index contributed by atoms with van der Waals surface area (Å²) >= 11 is 0. The van der Waals surface area contributed by atoms with Crippen molar-refractivity contribution in [1.29, 1.82) is 0 Å². The number of hydrogen-bond donors (Lipinski definition) is 2. The van der Waals surface area contributed by atoms with Crippen LogP contribution in [0.4, 0.5) is 4.39 Å². The smallest absolute Gasteiger partial charge is 0.255 e. The zero-order valence-corrected chi connectivity index (χ0v) is 22.9. The molecule has 12 heteroatoms. The molecular formula is C25H34FN7O3Si. The molecule has 37 heavy (non-hydrogen) atoms. The molecule has 0 radical (unpaired) electrons. The molecule has 10 nitrogen and oxygen atoms in total. The quantitative estimate of drug-likeness (QED) is 0.174. The summed E-state index contributed by atoms with van der Waals surface area (Å²) in [6.45, 7) is 9.96. The van der Waals surface area contributed by atoms with Gasteiger partial charge < -0.3 is 25.1 Å². The molecule has 0 aliphatic carbocycles. The maximum Gasteiger partial charge on any atom is 0.255 e. The van der Waals surface area contributed by atoms with E-state index in [0.717, 1.165) is 11.4 Å². The lowest BCUT2D eigenvalue weighted by Crippen LogP contribution is -2.36. The van der Waals surface area contributed by atoms with Crippen LogP contribution in [0, 0.1) is 5.82 Å². The number of nitrogens with one attached hydrogen (secondary N) is 1. The van der Waals surface area contributed by atoms with Gasteiger partial charge in [-0.1, -0.05) is 19.6 Å². The van der Waals surface area contributed by atoms with Crippen molar-refractivity contribution in [3.05, 3.63) is 42.0 Å². The molecule has 0 spiro atoms. The summed E-state index contributed by atoms with van der Waals surface area (Å²) in [5.41, 5.74) is 8.40. The Morgan fingerprint density at radius 2 is 2.05 bits per heavy atom. The first kappa shape index (κ1) is 26.9. The highest BCUT2D eigenvalue weighted by molar-refractivity contribution is 6.76. The van der Waals surface area contributed by atoms with Crippen LogP contribution in [0.15, 0.2) is 30.6 Å². The summed E-state index contributed by atoms with van der Waals surface area (Å²) in [6.07, 6.45) is 3.33. The van der Waals surface area contributed by atoms with Crippen molar-refractivity contribution in [3.63, 3.8) is 0 Å². The Morgan fingerprint density at radius 3 is 2.78 bits per heavy atom. The van der Waals surface area contributed by atoms with Gasteiger partial charge in [0, 0.05) is 39.4 Å². The molecule has 0 bridgehead atoms. The van der Waals surface area contributed by atoms with E-state index in [1.54, 1.807) is 34.8 Å². The number of nitrogens with two attached hydrogens (primary N) is 1. The number of ether oxygens (including phenoxy) is 2. The normalized spacial score (nSPS) is 12.9. The van der Waals surface area contributed by atoms with Gasteiger partial charge in [-0.2, -0.15) is 5.10 Å².